The number of aldehydes is 1. The first-order valence-electron chi connectivity index (χ1n) is 2.71. The number of nitrogen functional groups attached to an aromatic ring is 1. The van der Waals surface area contributed by atoms with Gasteiger partial charge in [-0.2, -0.15) is 0 Å². The third kappa shape index (κ3) is 1.70. The summed E-state index contributed by atoms with van der Waals surface area (Å²) in [4.78, 5) is 13.7. The molecule has 3 N–H and O–H groups in total. The predicted octanol–water partition coefficient (Wildman–Crippen LogP) is 0.336. The van der Waals surface area contributed by atoms with E-state index in [0.717, 1.165) is 6.29 Å². The molecule has 0 saturated carbocycles. The van der Waals surface area contributed by atoms with Crippen LogP contribution in [0.15, 0.2) is 5.38 Å². The van der Waals surface area contributed by atoms with Crippen molar-refractivity contribution in [1.29, 1.82) is 0 Å². The standard InChI is InChI=1S/C5H7N3OS/c6-5-8-4(3-10-5)7-1-2-9/h2-3,7H,1H2,(H2,6,8). The monoisotopic (exact) mass is 157 g/mol. The fraction of sp³-hybridized carbons (Fsp3) is 0.200. The van der Waals surface area contributed by atoms with Crippen LogP contribution >= 0.6 is 11.3 Å². The van der Waals surface area contributed by atoms with E-state index < -0.39 is 0 Å². The normalized spacial score (nSPS) is 9.20. The maximum Gasteiger partial charge on any atom is 0.182 e. The maximum absolute atomic E-state index is 9.87. The molecule has 0 radical (unpaired) electrons. The van der Waals surface area contributed by atoms with Crippen molar-refractivity contribution in [2.24, 2.45) is 0 Å². The van der Waals surface area contributed by atoms with Gasteiger partial charge in [-0.1, -0.05) is 0 Å². The number of rotatable bonds is 3. The molecule has 1 aromatic heterocycles. The van der Waals surface area contributed by atoms with Gasteiger partial charge in [0.15, 0.2) is 5.13 Å². The molecular weight excluding hydrogens is 150 g/mol. The molecule has 0 aliphatic rings. The van der Waals surface area contributed by atoms with Gasteiger partial charge >= 0.3 is 0 Å². The van der Waals surface area contributed by atoms with E-state index in [4.69, 9.17) is 5.73 Å². The quantitative estimate of drug-likeness (QED) is 0.621. The van der Waals surface area contributed by atoms with Gasteiger partial charge in [0.25, 0.3) is 0 Å². The van der Waals surface area contributed by atoms with Gasteiger partial charge in [0, 0.05) is 5.38 Å². The molecule has 54 valence electrons. The lowest BCUT2D eigenvalue weighted by molar-refractivity contribution is -0.106. The molecule has 0 atom stereocenters. The topological polar surface area (TPSA) is 68.0 Å². The smallest absolute Gasteiger partial charge is 0.182 e. The fourth-order valence-electron chi connectivity index (χ4n) is 0.515. The first-order chi connectivity index (χ1) is 4.83. The number of hydrogen-bond acceptors (Lipinski definition) is 5. The molecule has 0 aliphatic carbocycles. The van der Waals surface area contributed by atoms with E-state index in [9.17, 15) is 4.79 Å². The van der Waals surface area contributed by atoms with Gasteiger partial charge < -0.3 is 15.8 Å². The van der Waals surface area contributed by atoms with Gasteiger partial charge in [-0.05, 0) is 0 Å². The van der Waals surface area contributed by atoms with Crippen molar-refractivity contribution in [2.75, 3.05) is 17.6 Å². The van der Waals surface area contributed by atoms with Crippen LogP contribution < -0.4 is 11.1 Å². The molecule has 0 aliphatic heterocycles. The molecule has 5 heteroatoms. The molecule has 0 spiro atoms. The van der Waals surface area contributed by atoms with Crippen LogP contribution in [0.1, 0.15) is 0 Å². The van der Waals surface area contributed by atoms with E-state index in [1.54, 1.807) is 5.38 Å². The number of nitrogens with zero attached hydrogens (tertiary/aromatic N) is 1. The molecule has 0 saturated heterocycles. The second-order valence-corrected chi connectivity index (χ2v) is 2.51. The van der Waals surface area contributed by atoms with Crippen molar-refractivity contribution in [2.45, 2.75) is 0 Å². The van der Waals surface area contributed by atoms with Crippen molar-refractivity contribution in [1.82, 2.24) is 4.98 Å². The zero-order valence-electron chi connectivity index (χ0n) is 5.20. The summed E-state index contributed by atoms with van der Waals surface area (Å²) in [5, 5.41) is 5.04. The number of hydrogen-bond donors (Lipinski definition) is 2. The lowest BCUT2D eigenvalue weighted by atomic mass is 10.7. The minimum Gasteiger partial charge on any atom is -0.375 e. The Morgan fingerprint density at radius 3 is 3.20 bits per heavy atom. The first kappa shape index (κ1) is 7.01. The van der Waals surface area contributed by atoms with Gasteiger partial charge in [-0.15, -0.1) is 11.3 Å². The molecule has 1 heterocycles. The summed E-state index contributed by atoms with van der Waals surface area (Å²) in [7, 11) is 0. The second kappa shape index (κ2) is 3.17. The highest BCUT2D eigenvalue weighted by Crippen LogP contribution is 2.14. The molecule has 10 heavy (non-hydrogen) atoms. The Bertz CT molecular complexity index is 222. The highest BCUT2D eigenvalue weighted by molar-refractivity contribution is 7.13. The summed E-state index contributed by atoms with van der Waals surface area (Å²) in [6.07, 6.45) is 0.773. The number of aromatic nitrogens is 1. The Hall–Kier alpha value is -1.10. The molecule has 0 bridgehead atoms. The lowest BCUT2D eigenvalue weighted by Gasteiger charge is -1.92. The van der Waals surface area contributed by atoms with Crippen LogP contribution in [-0.4, -0.2) is 17.8 Å². The molecule has 1 aromatic rings. The number of nitrogens with one attached hydrogen (secondary N) is 1. The van der Waals surface area contributed by atoms with Gasteiger partial charge in [0.2, 0.25) is 0 Å². The lowest BCUT2D eigenvalue weighted by Crippen LogP contribution is -2.01. The summed E-state index contributed by atoms with van der Waals surface area (Å²) in [6, 6.07) is 0. The summed E-state index contributed by atoms with van der Waals surface area (Å²) < 4.78 is 0. The highest BCUT2D eigenvalue weighted by Gasteiger charge is 1.94. The Kier molecular flexibility index (Phi) is 2.22. The van der Waals surface area contributed by atoms with Crippen molar-refractivity contribution in [3.05, 3.63) is 5.38 Å². The number of anilines is 2. The van der Waals surface area contributed by atoms with Gasteiger partial charge in [0.05, 0.1) is 6.54 Å². The molecule has 1 rings (SSSR count). The first-order valence-corrected chi connectivity index (χ1v) is 3.59. The average molecular weight is 157 g/mol. The van der Waals surface area contributed by atoms with Gasteiger partial charge in [-0.25, -0.2) is 4.98 Å². The molecule has 4 nitrogen and oxygen atoms in total. The van der Waals surface area contributed by atoms with E-state index in [0.29, 0.717) is 10.9 Å². The minimum absolute atomic E-state index is 0.281. The third-order valence-corrected chi connectivity index (χ3v) is 1.56. The van der Waals surface area contributed by atoms with Crippen LogP contribution in [0.25, 0.3) is 0 Å². The molecule has 0 unspecified atom stereocenters. The van der Waals surface area contributed by atoms with Crippen molar-refractivity contribution in [3.8, 4) is 0 Å². The second-order valence-electron chi connectivity index (χ2n) is 1.62. The van der Waals surface area contributed by atoms with E-state index in [1.165, 1.54) is 11.3 Å². The summed E-state index contributed by atoms with van der Waals surface area (Å²) in [5.41, 5.74) is 5.33. The Balaban J connectivity index is 2.49. The summed E-state index contributed by atoms with van der Waals surface area (Å²) in [5.74, 6) is 0.662. The predicted molar refractivity (Wildman–Crippen MR) is 41.1 cm³/mol. The number of carbonyl (C=O) groups excluding carboxylic acids is 1. The molecular formula is C5H7N3OS. The molecule has 0 fully saturated rings. The zero-order chi connectivity index (χ0) is 7.40. The van der Waals surface area contributed by atoms with E-state index in [1.807, 2.05) is 0 Å². The largest absolute Gasteiger partial charge is 0.375 e. The number of nitrogens with two attached hydrogens (primary N) is 1. The number of thiazole rings is 1. The third-order valence-electron chi connectivity index (χ3n) is 0.888. The Morgan fingerprint density at radius 2 is 2.70 bits per heavy atom. The minimum atomic E-state index is 0.281. The summed E-state index contributed by atoms with van der Waals surface area (Å²) in [6.45, 7) is 0.281. The average Bonchev–Trinajstić information content (AvgIpc) is 2.31. The zero-order valence-corrected chi connectivity index (χ0v) is 6.02. The maximum atomic E-state index is 9.87. The fourth-order valence-corrected chi connectivity index (χ4v) is 1.03. The van der Waals surface area contributed by atoms with Crippen LogP contribution in [0.3, 0.4) is 0 Å². The molecule has 0 amide bonds. The Morgan fingerprint density at radius 1 is 1.90 bits per heavy atom. The van der Waals surface area contributed by atoms with Crippen molar-refractivity contribution in [3.63, 3.8) is 0 Å². The van der Waals surface area contributed by atoms with E-state index >= 15 is 0 Å². The van der Waals surface area contributed by atoms with Crippen molar-refractivity contribution >= 4 is 28.6 Å². The summed E-state index contributed by atoms with van der Waals surface area (Å²) >= 11 is 1.34. The van der Waals surface area contributed by atoms with Gasteiger partial charge in [0.1, 0.15) is 12.1 Å². The number of carbonyl (C=O) groups is 1. The Labute approximate surface area is 62.1 Å². The van der Waals surface area contributed by atoms with Crippen LogP contribution in [0.2, 0.25) is 0 Å². The van der Waals surface area contributed by atoms with Crippen LogP contribution in [0.4, 0.5) is 10.9 Å². The van der Waals surface area contributed by atoms with Crippen LogP contribution in [0, 0.1) is 0 Å². The van der Waals surface area contributed by atoms with Crippen LogP contribution in [0.5, 0.6) is 0 Å². The van der Waals surface area contributed by atoms with Crippen LogP contribution in [-0.2, 0) is 4.79 Å². The molecule has 0 aromatic carbocycles. The van der Waals surface area contributed by atoms with Crippen molar-refractivity contribution < 1.29 is 4.79 Å². The highest BCUT2D eigenvalue weighted by atomic mass is 32.1. The van der Waals surface area contributed by atoms with E-state index in [2.05, 4.69) is 10.3 Å². The van der Waals surface area contributed by atoms with Gasteiger partial charge in [-0.3, -0.25) is 0 Å². The van der Waals surface area contributed by atoms with E-state index in [-0.39, 0.29) is 6.54 Å². The SMILES string of the molecule is Nc1nc(NCC=O)cs1.